The summed E-state index contributed by atoms with van der Waals surface area (Å²) in [6, 6.07) is 1.65. The number of thiol groups is 1. The average Bonchev–Trinajstić information content (AvgIpc) is 2.36. The van der Waals surface area contributed by atoms with Crippen LogP contribution < -0.4 is 10.6 Å². The van der Waals surface area contributed by atoms with E-state index >= 15 is 0 Å². The molecule has 21 heavy (non-hydrogen) atoms. The Balaban J connectivity index is 2.88. The van der Waals surface area contributed by atoms with Crippen LogP contribution in [-0.2, 0) is 15.8 Å². The summed E-state index contributed by atoms with van der Waals surface area (Å²) in [5.41, 5.74) is -0.898. The monoisotopic (exact) mass is 340 g/mol. The van der Waals surface area contributed by atoms with Gasteiger partial charge in [0.05, 0.1) is 16.3 Å². The van der Waals surface area contributed by atoms with Crippen LogP contribution in [0.1, 0.15) is 12.5 Å². The lowest BCUT2D eigenvalue weighted by Gasteiger charge is -2.16. The number of hydrogen-bond donors (Lipinski definition) is 3. The third kappa shape index (κ3) is 5.13. The van der Waals surface area contributed by atoms with Gasteiger partial charge in [-0.1, -0.05) is 11.6 Å². The van der Waals surface area contributed by atoms with Crippen LogP contribution in [-0.4, -0.2) is 23.6 Å². The summed E-state index contributed by atoms with van der Waals surface area (Å²) in [6.45, 7) is 1.23. The van der Waals surface area contributed by atoms with E-state index in [0.717, 1.165) is 12.1 Å². The van der Waals surface area contributed by atoms with Crippen LogP contribution in [0.4, 0.5) is 18.9 Å². The van der Waals surface area contributed by atoms with Gasteiger partial charge < -0.3 is 10.6 Å². The number of anilines is 1. The highest BCUT2D eigenvalue weighted by Crippen LogP contribution is 2.33. The van der Waals surface area contributed by atoms with Crippen LogP contribution in [0.2, 0.25) is 5.02 Å². The number of carbonyl (C=O) groups excluding carboxylic acids is 2. The van der Waals surface area contributed by atoms with Crippen molar-refractivity contribution in [2.24, 2.45) is 0 Å². The summed E-state index contributed by atoms with van der Waals surface area (Å²) in [7, 11) is 0. The van der Waals surface area contributed by atoms with Gasteiger partial charge >= 0.3 is 6.18 Å². The molecule has 1 aromatic carbocycles. The molecule has 0 saturated heterocycles. The second-order valence-electron chi connectivity index (χ2n) is 4.12. The van der Waals surface area contributed by atoms with Crippen LogP contribution in [0, 0.1) is 0 Å². The third-order valence-corrected chi connectivity index (χ3v) is 3.11. The fourth-order valence-corrected chi connectivity index (χ4v) is 1.94. The molecule has 0 aliphatic heterocycles. The first-order valence-corrected chi connectivity index (χ1v) is 6.71. The fourth-order valence-electron chi connectivity index (χ4n) is 1.45. The molecule has 1 rings (SSSR count). The lowest BCUT2D eigenvalue weighted by Crippen LogP contribution is -2.44. The molecule has 0 aliphatic rings. The van der Waals surface area contributed by atoms with Gasteiger partial charge in [0.25, 0.3) is 0 Å². The van der Waals surface area contributed by atoms with Gasteiger partial charge in [-0.2, -0.15) is 25.8 Å². The molecule has 0 spiro atoms. The van der Waals surface area contributed by atoms with Gasteiger partial charge in [-0.25, -0.2) is 0 Å². The zero-order valence-electron chi connectivity index (χ0n) is 10.8. The van der Waals surface area contributed by atoms with Crippen molar-refractivity contribution < 1.29 is 22.8 Å². The molecule has 0 radical (unpaired) electrons. The average molecular weight is 341 g/mol. The Morgan fingerprint density at radius 2 is 2.00 bits per heavy atom. The van der Waals surface area contributed by atoms with Crippen molar-refractivity contribution in [2.75, 3.05) is 11.1 Å². The zero-order chi connectivity index (χ0) is 16.2. The normalized spacial score (nSPS) is 12.7. The molecule has 4 nitrogen and oxygen atoms in total. The Kier molecular flexibility index (Phi) is 5.91. The number of halogens is 4. The van der Waals surface area contributed by atoms with E-state index in [9.17, 15) is 22.8 Å². The van der Waals surface area contributed by atoms with Crippen LogP contribution in [0.3, 0.4) is 0 Å². The largest absolute Gasteiger partial charge is 0.416 e. The number of nitrogens with one attached hydrogen (secondary N) is 2. The summed E-state index contributed by atoms with van der Waals surface area (Å²) >= 11 is 9.63. The van der Waals surface area contributed by atoms with Crippen LogP contribution in [0.5, 0.6) is 0 Å². The molecular formula is C12H12ClF3N2O2S. The Morgan fingerprint density at radius 3 is 2.43 bits per heavy atom. The van der Waals surface area contributed by atoms with Crippen LogP contribution in [0.25, 0.3) is 0 Å². The SMILES string of the molecule is CC(=O)NC(CS)C(=O)Nc1ccc(C(F)(F)F)cc1Cl. The molecule has 2 amide bonds. The molecule has 9 heteroatoms. The molecule has 1 aromatic rings. The number of alkyl halides is 3. The van der Waals surface area contributed by atoms with Crippen molar-refractivity contribution in [2.45, 2.75) is 19.1 Å². The highest BCUT2D eigenvalue weighted by Gasteiger charge is 2.31. The first-order chi connectivity index (χ1) is 9.65. The predicted octanol–water partition coefficient (Wildman–Crippen LogP) is 2.73. The highest BCUT2D eigenvalue weighted by molar-refractivity contribution is 7.80. The first-order valence-electron chi connectivity index (χ1n) is 5.70. The Hall–Kier alpha value is -1.41. The minimum atomic E-state index is -4.52. The summed E-state index contributed by atoms with van der Waals surface area (Å²) < 4.78 is 37.5. The summed E-state index contributed by atoms with van der Waals surface area (Å²) in [6.07, 6.45) is -4.52. The van der Waals surface area contributed by atoms with E-state index in [0.29, 0.717) is 6.07 Å². The van der Waals surface area contributed by atoms with Crippen molar-refractivity contribution in [1.82, 2.24) is 5.32 Å². The Morgan fingerprint density at radius 1 is 1.38 bits per heavy atom. The van der Waals surface area contributed by atoms with Crippen molar-refractivity contribution in [3.05, 3.63) is 28.8 Å². The van der Waals surface area contributed by atoms with Crippen LogP contribution in [0.15, 0.2) is 18.2 Å². The van der Waals surface area contributed by atoms with Gasteiger partial charge in [-0.15, -0.1) is 0 Å². The van der Waals surface area contributed by atoms with Gasteiger partial charge in [0.1, 0.15) is 6.04 Å². The van der Waals surface area contributed by atoms with E-state index in [1.54, 1.807) is 0 Å². The van der Waals surface area contributed by atoms with Gasteiger partial charge in [0.2, 0.25) is 11.8 Å². The molecule has 2 N–H and O–H groups in total. The molecule has 0 fully saturated rings. The number of hydrogen-bond acceptors (Lipinski definition) is 3. The molecule has 1 unspecified atom stereocenters. The molecule has 116 valence electrons. The number of rotatable bonds is 4. The van der Waals surface area contributed by atoms with E-state index < -0.39 is 29.6 Å². The Labute approximate surface area is 129 Å². The first kappa shape index (κ1) is 17.6. The number of benzene rings is 1. The molecule has 0 bridgehead atoms. The highest BCUT2D eigenvalue weighted by atomic mass is 35.5. The lowest BCUT2D eigenvalue weighted by molar-refractivity contribution is -0.137. The Bertz CT molecular complexity index is 552. The standard InChI is InChI=1S/C12H12ClF3N2O2S/c1-6(19)17-10(5-21)11(20)18-9-3-2-7(4-8(9)13)12(14,15)16/h2-4,10,21H,5H2,1H3,(H,17,19)(H,18,20). The van der Waals surface area contributed by atoms with Crippen LogP contribution >= 0.6 is 24.2 Å². The third-order valence-electron chi connectivity index (χ3n) is 2.43. The van der Waals surface area contributed by atoms with Crippen molar-refractivity contribution >= 4 is 41.7 Å². The summed E-state index contributed by atoms with van der Waals surface area (Å²) in [4.78, 5) is 22.8. The van der Waals surface area contributed by atoms with E-state index in [-0.39, 0.29) is 16.5 Å². The van der Waals surface area contributed by atoms with Gasteiger partial charge in [-0.3, -0.25) is 9.59 Å². The van der Waals surface area contributed by atoms with E-state index in [1.165, 1.54) is 6.92 Å². The summed E-state index contributed by atoms with van der Waals surface area (Å²) in [5.74, 6) is -1.02. The predicted molar refractivity (Wildman–Crippen MR) is 76.5 cm³/mol. The molecule has 0 aliphatic carbocycles. The number of carbonyl (C=O) groups is 2. The maximum Gasteiger partial charge on any atom is 0.416 e. The lowest BCUT2D eigenvalue weighted by atomic mass is 10.2. The molecule has 1 atom stereocenters. The van der Waals surface area contributed by atoms with E-state index in [2.05, 4.69) is 23.3 Å². The van der Waals surface area contributed by atoms with Gasteiger partial charge in [-0.05, 0) is 18.2 Å². The zero-order valence-corrected chi connectivity index (χ0v) is 12.4. The maximum absolute atomic E-state index is 12.5. The minimum absolute atomic E-state index is 0.0202. The van der Waals surface area contributed by atoms with E-state index in [4.69, 9.17) is 11.6 Å². The van der Waals surface area contributed by atoms with Crippen molar-refractivity contribution in [3.63, 3.8) is 0 Å². The topological polar surface area (TPSA) is 58.2 Å². The molecule has 0 saturated carbocycles. The molecule has 0 aromatic heterocycles. The fraction of sp³-hybridized carbons (Fsp3) is 0.333. The smallest absolute Gasteiger partial charge is 0.344 e. The summed E-state index contributed by atoms with van der Waals surface area (Å²) in [5, 5.41) is 4.45. The van der Waals surface area contributed by atoms with Crippen molar-refractivity contribution in [3.8, 4) is 0 Å². The second kappa shape index (κ2) is 7.04. The molecule has 0 heterocycles. The van der Waals surface area contributed by atoms with Crippen molar-refractivity contribution in [1.29, 1.82) is 0 Å². The van der Waals surface area contributed by atoms with Gasteiger partial charge in [0, 0.05) is 12.7 Å². The number of amides is 2. The van der Waals surface area contributed by atoms with Gasteiger partial charge in [0.15, 0.2) is 0 Å². The quantitative estimate of drug-likeness (QED) is 0.738. The van der Waals surface area contributed by atoms with E-state index in [1.807, 2.05) is 0 Å². The molecular weight excluding hydrogens is 329 g/mol. The minimum Gasteiger partial charge on any atom is -0.344 e. The maximum atomic E-state index is 12.5. The second-order valence-corrected chi connectivity index (χ2v) is 4.89.